The molecule has 0 spiro atoms. The van der Waals surface area contributed by atoms with Crippen molar-refractivity contribution in [2.24, 2.45) is 0 Å². The second kappa shape index (κ2) is 4.72. The monoisotopic (exact) mass is 264 g/mol. The minimum atomic E-state index is -1.04. The Bertz CT molecular complexity index is 632. The molecule has 0 atom stereocenters. The van der Waals surface area contributed by atoms with Gasteiger partial charge in [-0.3, -0.25) is 0 Å². The summed E-state index contributed by atoms with van der Waals surface area (Å²) in [6.45, 7) is 2.99. The highest BCUT2D eigenvalue weighted by molar-refractivity contribution is 5.68. The van der Waals surface area contributed by atoms with Crippen LogP contribution in [0.5, 0.6) is 0 Å². The van der Waals surface area contributed by atoms with E-state index in [-0.39, 0.29) is 12.4 Å². The molecule has 1 heterocycles. The van der Waals surface area contributed by atoms with Crippen LogP contribution in [0.25, 0.3) is 11.4 Å². The molecule has 0 aliphatic heterocycles. The molecule has 2 rings (SSSR count). The molecule has 0 aliphatic carbocycles. The summed E-state index contributed by atoms with van der Waals surface area (Å²) in [7, 11) is 0. The van der Waals surface area contributed by atoms with Crippen LogP contribution in [0.15, 0.2) is 24.3 Å². The first-order valence-electron chi connectivity index (χ1n) is 5.68. The van der Waals surface area contributed by atoms with Gasteiger partial charge in [0.1, 0.15) is 17.2 Å². The SMILES string of the molecule is Cc1c(C)[n+]([O-])c(-c2ccc(F)cc2)n1CC(=O)O. The Morgan fingerprint density at radius 1 is 1.37 bits per heavy atom. The summed E-state index contributed by atoms with van der Waals surface area (Å²) in [6, 6.07) is 5.38. The first-order valence-corrected chi connectivity index (χ1v) is 5.68. The highest BCUT2D eigenvalue weighted by Crippen LogP contribution is 2.20. The number of hydrogen-bond donors (Lipinski definition) is 1. The molecular weight excluding hydrogens is 251 g/mol. The number of carboxylic acids is 1. The van der Waals surface area contributed by atoms with Gasteiger partial charge in [-0.05, 0) is 24.3 Å². The van der Waals surface area contributed by atoms with Gasteiger partial charge >= 0.3 is 5.97 Å². The minimum absolute atomic E-state index is 0.206. The first-order chi connectivity index (χ1) is 8.91. The maximum absolute atomic E-state index is 12.9. The number of rotatable bonds is 3. The molecule has 0 saturated heterocycles. The Kier molecular flexibility index (Phi) is 3.25. The Labute approximate surface area is 109 Å². The normalized spacial score (nSPS) is 10.7. The van der Waals surface area contributed by atoms with Crippen LogP contribution in [-0.4, -0.2) is 15.6 Å². The van der Waals surface area contributed by atoms with Crippen molar-refractivity contribution in [3.63, 3.8) is 0 Å². The molecule has 0 bridgehead atoms. The average Bonchev–Trinajstić information content (AvgIpc) is 2.55. The van der Waals surface area contributed by atoms with Gasteiger partial charge in [0.25, 0.3) is 5.82 Å². The van der Waals surface area contributed by atoms with E-state index in [0.29, 0.717) is 21.7 Å². The molecule has 0 unspecified atom stereocenters. The molecule has 2 aromatic rings. The third-order valence-electron chi connectivity index (χ3n) is 3.08. The van der Waals surface area contributed by atoms with Crippen LogP contribution in [0, 0.1) is 24.9 Å². The lowest BCUT2D eigenvalue weighted by Crippen LogP contribution is -2.31. The molecule has 1 N–H and O–H groups in total. The lowest BCUT2D eigenvalue weighted by atomic mass is 10.2. The van der Waals surface area contributed by atoms with Gasteiger partial charge in [-0.1, -0.05) is 0 Å². The van der Waals surface area contributed by atoms with Gasteiger partial charge < -0.3 is 10.3 Å². The van der Waals surface area contributed by atoms with E-state index in [4.69, 9.17) is 5.11 Å². The van der Waals surface area contributed by atoms with Crippen molar-refractivity contribution in [1.29, 1.82) is 0 Å². The minimum Gasteiger partial charge on any atom is -0.710 e. The summed E-state index contributed by atoms with van der Waals surface area (Å²) in [5.41, 5.74) is 1.49. The van der Waals surface area contributed by atoms with Crippen molar-refractivity contribution in [2.75, 3.05) is 0 Å². The quantitative estimate of drug-likeness (QED) is 0.676. The van der Waals surface area contributed by atoms with Gasteiger partial charge in [0.15, 0.2) is 6.54 Å². The van der Waals surface area contributed by atoms with E-state index in [1.54, 1.807) is 13.8 Å². The van der Waals surface area contributed by atoms with Gasteiger partial charge in [-0.25, -0.2) is 18.5 Å². The fourth-order valence-corrected chi connectivity index (χ4v) is 1.97. The lowest BCUT2D eigenvalue weighted by molar-refractivity contribution is -0.599. The zero-order valence-corrected chi connectivity index (χ0v) is 10.6. The Morgan fingerprint density at radius 2 is 1.95 bits per heavy atom. The molecule has 1 aromatic carbocycles. The molecule has 1 aromatic heterocycles. The molecule has 19 heavy (non-hydrogen) atoms. The molecule has 100 valence electrons. The van der Waals surface area contributed by atoms with Gasteiger partial charge in [0, 0.05) is 13.8 Å². The van der Waals surface area contributed by atoms with Gasteiger partial charge in [-0.15, -0.1) is 0 Å². The number of halogens is 1. The van der Waals surface area contributed by atoms with E-state index in [2.05, 4.69) is 0 Å². The zero-order chi connectivity index (χ0) is 14.2. The fourth-order valence-electron chi connectivity index (χ4n) is 1.97. The number of benzene rings is 1. The molecular formula is C13H13FN2O3. The van der Waals surface area contributed by atoms with E-state index >= 15 is 0 Å². The Hall–Kier alpha value is -2.37. The summed E-state index contributed by atoms with van der Waals surface area (Å²) in [5.74, 6) is -1.24. The van der Waals surface area contributed by atoms with E-state index in [9.17, 15) is 14.4 Å². The standard InChI is InChI=1S/C13H13FN2O3/c1-8-9(2)16(19)13(15(8)7-12(17)18)10-3-5-11(14)6-4-10/h3-6H,7H2,1-2H3,(H,17,18). The van der Waals surface area contributed by atoms with Crippen LogP contribution in [0.4, 0.5) is 4.39 Å². The summed E-state index contributed by atoms with van der Waals surface area (Å²) < 4.78 is 15.0. The number of hydrogen-bond acceptors (Lipinski definition) is 2. The average molecular weight is 264 g/mol. The molecule has 5 nitrogen and oxygen atoms in total. The largest absolute Gasteiger partial charge is 0.710 e. The van der Waals surface area contributed by atoms with Crippen LogP contribution < -0.4 is 4.73 Å². The van der Waals surface area contributed by atoms with Crippen LogP contribution >= 0.6 is 0 Å². The van der Waals surface area contributed by atoms with Crippen LogP contribution in [-0.2, 0) is 11.3 Å². The molecule has 0 radical (unpaired) electrons. The molecule has 0 fully saturated rings. The third-order valence-corrected chi connectivity index (χ3v) is 3.08. The van der Waals surface area contributed by atoms with Gasteiger partial charge in [0.2, 0.25) is 0 Å². The third kappa shape index (κ3) is 2.29. The zero-order valence-electron chi connectivity index (χ0n) is 10.6. The molecule has 0 amide bonds. The number of carbonyl (C=O) groups is 1. The van der Waals surface area contributed by atoms with E-state index < -0.39 is 11.8 Å². The number of aliphatic carboxylic acids is 1. The molecule has 6 heteroatoms. The summed E-state index contributed by atoms with van der Waals surface area (Å²) >= 11 is 0. The van der Waals surface area contributed by atoms with Crippen LogP contribution in [0.2, 0.25) is 0 Å². The predicted molar refractivity (Wildman–Crippen MR) is 65.9 cm³/mol. The van der Waals surface area contributed by atoms with Gasteiger partial charge in [0.05, 0.1) is 5.56 Å². The predicted octanol–water partition coefficient (Wildman–Crippen LogP) is 1.63. The van der Waals surface area contributed by atoms with Crippen molar-refractivity contribution in [2.45, 2.75) is 20.4 Å². The second-order valence-corrected chi connectivity index (χ2v) is 4.28. The fraction of sp³-hybridized carbons (Fsp3) is 0.231. The Morgan fingerprint density at radius 3 is 2.47 bits per heavy atom. The first kappa shape index (κ1) is 13.1. The number of imidazole rings is 1. The Balaban J connectivity index is 2.64. The van der Waals surface area contributed by atoms with E-state index in [1.807, 2.05) is 0 Å². The second-order valence-electron chi connectivity index (χ2n) is 4.28. The highest BCUT2D eigenvalue weighted by Gasteiger charge is 2.25. The van der Waals surface area contributed by atoms with Crippen molar-refractivity contribution < 1.29 is 19.0 Å². The summed E-state index contributed by atoms with van der Waals surface area (Å²) in [4.78, 5) is 10.9. The number of aromatic nitrogens is 2. The van der Waals surface area contributed by atoms with Crippen molar-refractivity contribution >= 4 is 5.97 Å². The summed E-state index contributed by atoms with van der Waals surface area (Å²) in [6.07, 6.45) is 0. The molecule has 0 saturated carbocycles. The van der Waals surface area contributed by atoms with E-state index in [0.717, 1.165) is 0 Å². The number of carboxylic acid groups (broad SMARTS) is 1. The van der Waals surface area contributed by atoms with Crippen molar-refractivity contribution in [3.8, 4) is 11.4 Å². The summed E-state index contributed by atoms with van der Waals surface area (Å²) in [5, 5.41) is 21.0. The lowest BCUT2D eigenvalue weighted by Gasteiger charge is -2.06. The maximum Gasteiger partial charge on any atom is 0.346 e. The topological polar surface area (TPSA) is 69.2 Å². The van der Waals surface area contributed by atoms with Crippen molar-refractivity contribution in [3.05, 3.63) is 46.7 Å². The highest BCUT2D eigenvalue weighted by atomic mass is 19.1. The van der Waals surface area contributed by atoms with E-state index in [1.165, 1.54) is 28.8 Å². The molecule has 0 aliphatic rings. The van der Waals surface area contributed by atoms with Crippen LogP contribution in [0.3, 0.4) is 0 Å². The smallest absolute Gasteiger partial charge is 0.346 e. The van der Waals surface area contributed by atoms with Crippen molar-refractivity contribution in [1.82, 2.24) is 4.57 Å². The van der Waals surface area contributed by atoms with Gasteiger partial charge in [-0.2, -0.15) is 0 Å². The maximum atomic E-state index is 12.9. The van der Waals surface area contributed by atoms with Crippen LogP contribution in [0.1, 0.15) is 11.4 Å². The number of nitrogens with zero attached hydrogens (tertiary/aromatic N) is 2.